The van der Waals surface area contributed by atoms with Crippen LogP contribution in [0.3, 0.4) is 0 Å². The van der Waals surface area contributed by atoms with Gasteiger partial charge < -0.3 is 14.7 Å². The molecule has 152 valence electrons. The lowest BCUT2D eigenvalue weighted by Crippen LogP contribution is -2.43. The standard InChI is InChI=1S/C21H29N5O.HI/c1-5-22-20(23-15-18-24-19(27-25-18)21(2,3)4)26-13-11-17(12-14-26)16-9-7-6-8-10-16;/h6-11H,5,12-15H2,1-4H3,(H,22,23);1H. The highest BCUT2D eigenvalue weighted by atomic mass is 127. The second-order valence-electron chi connectivity index (χ2n) is 7.73. The van der Waals surface area contributed by atoms with Crippen LogP contribution < -0.4 is 5.32 Å². The van der Waals surface area contributed by atoms with Gasteiger partial charge in [0.2, 0.25) is 5.89 Å². The third-order valence-corrected chi connectivity index (χ3v) is 4.47. The molecule has 0 radical (unpaired) electrons. The molecule has 28 heavy (non-hydrogen) atoms. The van der Waals surface area contributed by atoms with Gasteiger partial charge in [0, 0.05) is 25.0 Å². The molecule has 0 saturated heterocycles. The van der Waals surface area contributed by atoms with E-state index in [1.54, 1.807) is 0 Å². The van der Waals surface area contributed by atoms with Crippen molar-refractivity contribution in [2.45, 2.75) is 46.1 Å². The predicted octanol–water partition coefficient (Wildman–Crippen LogP) is 4.24. The number of nitrogens with one attached hydrogen (secondary N) is 1. The van der Waals surface area contributed by atoms with E-state index in [1.807, 2.05) is 0 Å². The molecule has 0 aliphatic carbocycles. The number of hydrogen-bond donors (Lipinski definition) is 1. The molecule has 0 amide bonds. The van der Waals surface area contributed by atoms with E-state index < -0.39 is 0 Å². The van der Waals surface area contributed by atoms with Crippen LogP contribution in [0, 0.1) is 0 Å². The topological polar surface area (TPSA) is 66.5 Å². The first kappa shape index (κ1) is 22.4. The summed E-state index contributed by atoms with van der Waals surface area (Å²) in [5.74, 6) is 2.15. The van der Waals surface area contributed by atoms with Gasteiger partial charge in [-0.05, 0) is 24.5 Å². The summed E-state index contributed by atoms with van der Waals surface area (Å²) in [6.45, 7) is 11.3. The van der Waals surface area contributed by atoms with Gasteiger partial charge in [0.05, 0.1) is 0 Å². The summed E-state index contributed by atoms with van der Waals surface area (Å²) in [6, 6.07) is 10.6. The molecule has 7 heteroatoms. The molecule has 1 N–H and O–H groups in total. The first-order chi connectivity index (χ1) is 13.0. The van der Waals surface area contributed by atoms with Crippen molar-refractivity contribution in [1.29, 1.82) is 0 Å². The Labute approximate surface area is 184 Å². The largest absolute Gasteiger partial charge is 0.356 e. The molecule has 2 aromatic rings. The van der Waals surface area contributed by atoms with Crippen LogP contribution in [0.2, 0.25) is 0 Å². The Bertz CT molecular complexity index is 808. The van der Waals surface area contributed by atoms with Gasteiger partial charge in [-0.25, -0.2) is 4.99 Å². The summed E-state index contributed by atoms with van der Waals surface area (Å²) >= 11 is 0. The Kier molecular flexibility index (Phi) is 8.03. The maximum atomic E-state index is 5.36. The van der Waals surface area contributed by atoms with Crippen LogP contribution in [-0.4, -0.2) is 40.6 Å². The number of guanidine groups is 1. The van der Waals surface area contributed by atoms with E-state index in [-0.39, 0.29) is 29.4 Å². The molecule has 0 bridgehead atoms. The normalized spacial score (nSPS) is 15.1. The van der Waals surface area contributed by atoms with Crippen molar-refractivity contribution >= 4 is 35.5 Å². The Morgan fingerprint density at radius 2 is 2.00 bits per heavy atom. The van der Waals surface area contributed by atoms with Gasteiger partial charge >= 0.3 is 0 Å². The lowest BCUT2D eigenvalue weighted by atomic mass is 9.97. The van der Waals surface area contributed by atoms with Crippen molar-refractivity contribution in [2.24, 2.45) is 4.99 Å². The van der Waals surface area contributed by atoms with Gasteiger partial charge in [-0.2, -0.15) is 4.98 Å². The average molecular weight is 495 g/mol. The summed E-state index contributed by atoms with van der Waals surface area (Å²) in [5, 5.41) is 7.43. The van der Waals surface area contributed by atoms with Crippen LogP contribution in [-0.2, 0) is 12.0 Å². The number of nitrogens with zero attached hydrogens (tertiary/aromatic N) is 4. The summed E-state index contributed by atoms with van der Waals surface area (Å²) in [6.07, 6.45) is 3.29. The van der Waals surface area contributed by atoms with Crippen molar-refractivity contribution in [3.63, 3.8) is 0 Å². The van der Waals surface area contributed by atoms with E-state index in [9.17, 15) is 0 Å². The van der Waals surface area contributed by atoms with E-state index >= 15 is 0 Å². The molecule has 0 saturated carbocycles. The van der Waals surface area contributed by atoms with Gasteiger partial charge in [-0.3, -0.25) is 0 Å². The smallest absolute Gasteiger partial charge is 0.232 e. The van der Waals surface area contributed by atoms with E-state index in [4.69, 9.17) is 9.52 Å². The van der Waals surface area contributed by atoms with Gasteiger partial charge in [-0.15, -0.1) is 24.0 Å². The fraction of sp³-hybridized carbons (Fsp3) is 0.476. The SMILES string of the molecule is CCNC(=NCc1noc(C(C)(C)C)n1)N1CC=C(c2ccccc2)CC1.I. The maximum Gasteiger partial charge on any atom is 0.232 e. The molecule has 1 aliphatic rings. The van der Waals surface area contributed by atoms with Gasteiger partial charge in [-0.1, -0.05) is 62.3 Å². The molecule has 1 aromatic heterocycles. The average Bonchev–Trinajstić information content (AvgIpc) is 3.16. The number of halogens is 1. The first-order valence-corrected chi connectivity index (χ1v) is 9.58. The van der Waals surface area contributed by atoms with E-state index in [0.717, 1.165) is 32.0 Å². The molecule has 6 nitrogen and oxygen atoms in total. The summed E-state index contributed by atoms with van der Waals surface area (Å²) < 4.78 is 5.36. The zero-order valence-electron chi connectivity index (χ0n) is 17.1. The van der Waals surface area contributed by atoms with Gasteiger partial charge in [0.1, 0.15) is 6.54 Å². The molecule has 1 aliphatic heterocycles. The fourth-order valence-corrected chi connectivity index (χ4v) is 2.97. The fourth-order valence-electron chi connectivity index (χ4n) is 2.97. The van der Waals surface area contributed by atoms with Crippen LogP contribution in [0.1, 0.15) is 51.4 Å². The number of aliphatic imine (C=N–C) groups is 1. The molecule has 2 heterocycles. The lowest BCUT2D eigenvalue weighted by Gasteiger charge is -2.29. The second-order valence-corrected chi connectivity index (χ2v) is 7.73. The van der Waals surface area contributed by atoms with Gasteiger partial charge in [0.15, 0.2) is 11.8 Å². The van der Waals surface area contributed by atoms with E-state index in [2.05, 4.69) is 84.5 Å². The van der Waals surface area contributed by atoms with Crippen LogP contribution >= 0.6 is 24.0 Å². The lowest BCUT2D eigenvalue weighted by molar-refractivity contribution is 0.318. The molecule has 3 rings (SSSR count). The number of rotatable bonds is 4. The molecule has 0 unspecified atom stereocenters. The highest BCUT2D eigenvalue weighted by Gasteiger charge is 2.22. The van der Waals surface area contributed by atoms with Crippen LogP contribution in [0.4, 0.5) is 0 Å². The van der Waals surface area contributed by atoms with Crippen molar-refractivity contribution in [3.8, 4) is 0 Å². The van der Waals surface area contributed by atoms with Crippen molar-refractivity contribution in [3.05, 3.63) is 53.7 Å². The molecule has 0 fully saturated rings. The minimum atomic E-state index is -0.148. The Morgan fingerprint density at radius 3 is 2.57 bits per heavy atom. The monoisotopic (exact) mass is 495 g/mol. The molecule has 0 atom stereocenters. The molecule has 0 spiro atoms. The molecule has 1 aromatic carbocycles. The minimum absolute atomic E-state index is 0. The third kappa shape index (κ3) is 5.80. The van der Waals surface area contributed by atoms with Crippen LogP contribution in [0.5, 0.6) is 0 Å². The van der Waals surface area contributed by atoms with Crippen molar-refractivity contribution in [1.82, 2.24) is 20.4 Å². The van der Waals surface area contributed by atoms with E-state index in [0.29, 0.717) is 18.3 Å². The zero-order valence-corrected chi connectivity index (χ0v) is 19.4. The van der Waals surface area contributed by atoms with Crippen molar-refractivity contribution in [2.75, 3.05) is 19.6 Å². The Hall–Kier alpha value is -1.90. The third-order valence-electron chi connectivity index (χ3n) is 4.47. The maximum absolute atomic E-state index is 5.36. The number of aromatic nitrogens is 2. The highest BCUT2D eigenvalue weighted by Crippen LogP contribution is 2.22. The highest BCUT2D eigenvalue weighted by molar-refractivity contribution is 14.0. The van der Waals surface area contributed by atoms with E-state index in [1.165, 1.54) is 11.1 Å². The number of hydrogen-bond acceptors (Lipinski definition) is 4. The van der Waals surface area contributed by atoms with Crippen LogP contribution in [0.15, 0.2) is 45.9 Å². The minimum Gasteiger partial charge on any atom is -0.356 e. The summed E-state index contributed by atoms with van der Waals surface area (Å²) in [5.41, 5.74) is 2.56. The number of benzene rings is 1. The molecular weight excluding hydrogens is 465 g/mol. The second kappa shape index (κ2) is 10.0. The first-order valence-electron chi connectivity index (χ1n) is 9.58. The molecular formula is C21H30IN5O. The Morgan fingerprint density at radius 1 is 1.25 bits per heavy atom. The van der Waals surface area contributed by atoms with Crippen LogP contribution in [0.25, 0.3) is 5.57 Å². The van der Waals surface area contributed by atoms with Gasteiger partial charge in [0.25, 0.3) is 0 Å². The predicted molar refractivity (Wildman–Crippen MR) is 124 cm³/mol. The zero-order chi connectivity index (χ0) is 19.3. The summed E-state index contributed by atoms with van der Waals surface area (Å²) in [7, 11) is 0. The van der Waals surface area contributed by atoms with Crippen molar-refractivity contribution < 1.29 is 4.52 Å². The summed E-state index contributed by atoms with van der Waals surface area (Å²) in [4.78, 5) is 11.4. The Balaban J connectivity index is 0.00000280. The quantitative estimate of drug-likeness (QED) is 0.391.